The largest absolute Gasteiger partial charge is 0.494 e. The molecule has 1 saturated heterocycles. The summed E-state index contributed by atoms with van der Waals surface area (Å²) in [6.45, 7) is 0. The summed E-state index contributed by atoms with van der Waals surface area (Å²) in [6.07, 6.45) is 3.85. The molecule has 21 heavy (non-hydrogen) atoms. The number of benzene rings is 1. The first-order valence-corrected chi connectivity index (χ1v) is 8.52. The van der Waals surface area contributed by atoms with E-state index in [-0.39, 0.29) is 17.7 Å². The van der Waals surface area contributed by atoms with Gasteiger partial charge in [-0.3, -0.25) is 0 Å². The fourth-order valence-corrected chi connectivity index (χ4v) is 5.44. The van der Waals surface area contributed by atoms with Crippen LogP contribution in [0.5, 0.6) is 5.75 Å². The molecule has 2 heterocycles. The molecular weight excluding hydrogens is 298 g/mol. The van der Waals surface area contributed by atoms with Crippen molar-refractivity contribution in [2.45, 2.75) is 36.2 Å². The fraction of sp³-hybridized carbons (Fsp3) is 0.467. The van der Waals surface area contributed by atoms with Gasteiger partial charge in [0.2, 0.25) is 5.82 Å². The summed E-state index contributed by atoms with van der Waals surface area (Å²) >= 11 is 0. The monoisotopic (exact) mass is 314 g/mol. The highest BCUT2D eigenvalue weighted by atomic mass is 32.2. The third kappa shape index (κ3) is 2.25. The number of hydrogen-bond donors (Lipinski definition) is 0. The number of allylic oxidation sites excluding steroid dienone is 1. The third-order valence-electron chi connectivity index (χ3n) is 4.35. The summed E-state index contributed by atoms with van der Waals surface area (Å²) in [5.74, 6) is -2.16. The Hall–Kier alpha value is -1.43. The van der Waals surface area contributed by atoms with Crippen LogP contribution in [0.1, 0.15) is 31.2 Å². The van der Waals surface area contributed by atoms with Gasteiger partial charge in [0.25, 0.3) is 0 Å². The summed E-state index contributed by atoms with van der Waals surface area (Å²) in [5.41, 5.74) is 0.721. The van der Waals surface area contributed by atoms with Crippen LogP contribution in [-0.4, -0.2) is 26.0 Å². The first-order chi connectivity index (χ1) is 9.95. The number of fused-ring (bicyclic) bond motifs is 2. The molecule has 0 aromatic heterocycles. The molecule has 0 spiro atoms. The van der Waals surface area contributed by atoms with E-state index in [1.807, 2.05) is 0 Å². The van der Waals surface area contributed by atoms with Crippen molar-refractivity contribution in [3.8, 4) is 5.75 Å². The molecule has 1 aromatic carbocycles. The summed E-state index contributed by atoms with van der Waals surface area (Å²) in [5, 5.41) is -1.04. The Morgan fingerprint density at radius 1 is 1.19 bits per heavy atom. The fourth-order valence-electron chi connectivity index (χ4n) is 3.19. The number of sulfone groups is 1. The number of methoxy groups -OCH3 is 1. The highest BCUT2D eigenvalue weighted by Gasteiger charge is 2.41. The second kappa shape index (κ2) is 5.09. The Morgan fingerprint density at radius 2 is 1.95 bits per heavy atom. The van der Waals surface area contributed by atoms with Crippen LogP contribution in [0.3, 0.4) is 0 Å². The molecule has 3 nitrogen and oxygen atoms in total. The normalized spacial score (nSPS) is 27.1. The van der Waals surface area contributed by atoms with Crippen LogP contribution in [0.25, 0.3) is 5.57 Å². The van der Waals surface area contributed by atoms with Gasteiger partial charge in [0.1, 0.15) is 0 Å². The smallest absolute Gasteiger partial charge is 0.201 e. The van der Waals surface area contributed by atoms with Gasteiger partial charge in [0.05, 0.1) is 17.6 Å². The van der Waals surface area contributed by atoms with Gasteiger partial charge in [-0.1, -0.05) is 12.5 Å². The minimum absolute atomic E-state index is 0.139. The molecule has 0 amide bonds. The molecule has 3 rings (SSSR count). The zero-order valence-electron chi connectivity index (χ0n) is 11.6. The molecule has 6 heteroatoms. The Labute approximate surface area is 122 Å². The van der Waals surface area contributed by atoms with E-state index in [9.17, 15) is 17.2 Å². The van der Waals surface area contributed by atoms with Crippen LogP contribution in [0, 0.1) is 11.6 Å². The number of ether oxygens (including phenoxy) is 1. The van der Waals surface area contributed by atoms with Gasteiger partial charge in [-0.25, -0.2) is 12.8 Å². The number of rotatable bonds is 2. The van der Waals surface area contributed by atoms with Gasteiger partial charge in [0, 0.05) is 5.56 Å². The van der Waals surface area contributed by atoms with Crippen molar-refractivity contribution in [1.82, 2.24) is 0 Å². The quantitative estimate of drug-likeness (QED) is 0.842. The van der Waals surface area contributed by atoms with E-state index >= 15 is 0 Å². The van der Waals surface area contributed by atoms with Crippen LogP contribution in [0.4, 0.5) is 8.78 Å². The second-order valence-corrected chi connectivity index (χ2v) is 7.97. The van der Waals surface area contributed by atoms with Gasteiger partial charge < -0.3 is 4.74 Å². The van der Waals surface area contributed by atoms with Crippen molar-refractivity contribution in [1.29, 1.82) is 0 Å². The van der Waals surface area contributed by atoms with E-state index in [1.165, 1.54) is 19.2 Å². The summed E-state index contributed by atoms with van der Waals surface area (Å²) in [4.78, 5) is 0. The average Bonchev–Trinajstić information content (AvgIpc) is 2.41. The molecule has 2 bridgehead atoms. The second-order valence-electron chi connectivity index (χ2n) is 5.52. The molecule has 0 N–H and O–H groups in total. The first-order valence-electron chi connectivity index (χ1n) is 6.91. The lowest BCUT2D eigenvalue weighted by Crippen LogP contribution is -2.38. The lowest BCUT2D eigenvalue weighted by atomic mass is 9.93. The van der Waals surface area contributed by atoms with Crippen LogP contribution in [0.15, 0.2) is 18.2 Å². The van der Waals surface area contributed by atoms with Gasteiger partial charge in [0.15, 0.2) is 21.4 Å². The molecule has 1 aromatic rings. The predicted octanol–water partition coefficient (Wildman–Crippen LogP) is 3.10. The minimum Gasteiger partial charge on any atom is -0.494 e. The predicted molar refractivity (Wildman–Crippen MR) is 75.9 cm³/mol. The minimum atomic E-state index is -3.16. The zero-order chi connectivity index (χ0) is 15.2. The Morgan fingerprint density at radius 3 is 2.62 bits per heavy atom. The van der Waals surface area contributed by atoms with Crippen LogP contribution >= 0.6 is 0 Å². The van der Waals surface area contributed by atoms with Crippen molar-refractivity contribution in [2.75, 3.05) is 7.11 Å². The number of hydrogen-bond acceptors (Lipinski definition) is 3. The molecule has 2 unspecified atom stereocenters. The van der Waals surface area contributed by atoms with Crippen LogP contribution in [0.2, 0.25) is 0 Å². The lowest BCUT2D eigenvalue weighted by molar-refractivity contribution is 0.371. The molecule has 2 aliphatic rings. The lowest BCUT2D eigenvalue weighted by Gasteiger charge is -2.33. The van der Waals surface area contributed by atoms with E-state index in [4.69, 9.17) is 4.74 Å². The van der Waals surface area contributed by atoms with Crippen molar-refractivity contribution in [2.24, 2.45) is 0 Å². The molecular formula is C15H16F2O3S. The van der Waals surface area contributed by atoms with Gasteiger partial charge >= 0.3 is 0 Å². The molecule has 2 atom stereocenters. The molecule has 2 aliphatic heterocycles. The number of halogens is 2. The zero-order valence-corrected chi connectivity index (χ0v) is 12.4. The molecule has 0 aliphatic carbocycles. The Kier molecular flexibility index (Phi) is 3.51. The molecule has 0 saturated carbocycles. The average molecular weight is 314 g/mol. The van der Waals surface area contributed by atoms with Crippen LogP contribution in [-0.2, 0) is 9.84 Å². The van der Waals surface area contributed by atoms with Crippen molar-refractivity contribution >= 4 is 15.4 Å². The van der Waals surface area contributed by atoms with E-state index in [0.717, 1.165) is 6.42 Å². The summed E-state index contributed by atoms with van der Waals surface area (Å²) in [6, 6.07) is 2.82. The summed E-state index contributed by atoms with van der Waals surface area (Å²) in [7, 11) is -1.89. The SMILES string of the molecule is COc1ccc(C2=CC3CCCC(C2)S3(=O)=O)c(F)c1F. The summed E-state index contributed by atoms with van der Waals surface area (Å²) < 4.78 is 57.1. The highest BCUT2D eigenvalue weighted by molar-refractivity contribution is 7.93. The maximum atomic E-state index is 14.2. The van der Waals surface area contributed by atoms with Gasteiger partial charge in [-0.2, -0.15) is 4.39 Å². The first kappa shape index (κ1) is 14.5. The maximum Gasteiger partial charge on any atom is 0.201 e. The topological polar surface area (TPSA) is 43.4 Å². The Bertz CT molecular complexity index is 710. The van der Waals surface area contributed by atoms with E-state index in [0.29, 0.717) is 18.4 Å². The standard InChI is InChI=1S/C15H16F2O3S/c1-20-13-6-5-12(14(16)15(13)17)9-7-10-3-2-4-11(8-9)21(10,18)19/h5-7,10-11H,2-4,8H2,1H3. The van der Waals surface area contributed by atoms with E-state index in [2.05, 4.69) is 0 Å². The Balaban J connectivity index is 2.07. The van der Waals surface area contributed by atoms with Crippen molar-refractivity contribution < 1.29 is 21.9 Å². The molecule has 114 valence electrons. The maximum absolute atomic E-state index is 14.2. The van der Waals surface area contributed by atoms with Crippen molar-refractivity contribution in [3.63, 3.8) is 0 Å². The molecule has 0 radical (unpaired) electrons. The third-order valence-corrected chi connectivity index (χ3v) is 6.90. The van der Waals surface area contributed by atoms with Crippen molar-refractivity contribution in [3.05, 3.63) is 35.4 Å². The van der Waals surface area contributed by atoms with Crippen LogP contribution < -0.4 is 4.74 Å². The van der Waals surface area contributed by atoms with Gasteiger partial charge in [-0.15, -0.1) is 0 Å². The van der Waals surface area contributed by atoms with E-state index < -0.39 is 32.0 Å². The van der Waals surface area contributed by atoms with E-state index in [1.54, 1.807) is 6.08 Å². The molecule has 1 fully saturated rings. The van der Waals surface area contributed by atoms with Gasteiger partial charge in [-0.05, 0) is 37.0 Å². The highest BCUT2D eigenvalue weighted by Crippen LogP contribution is 2.40.